The molecule has 114 valence electrons. The van der Waals surface area contributed by atoms with Gasteiger partial charge in [-0.15, -0.1) is 0 Å². The molecule has 1 aliphatic rings. The van der Waals surface area contributed by atoms with E-state index in [-0.39, 0.29) is 25.4 Å². The molecular weight excluding hydrogens is 282 g/mol. The summed E-state index contributed by atoms with van der Waals surface area (Å²) in [5.41, 5.74) is -0.178. The quantitative estimate of drug-likeness (QED) is 0.781. The molecule has 0 bridgehead atoms. The van der Waals surface area contributed by atoms with Gasteiger partial charge in [-0.25, -0.2) is 0 Å². The van der Waals surface area contributed by atoms with Crippen molar-refractivity contribution >= 4 is 23.3 Å². The van der Waals surface area contributed by atoms with Gasteiger partial charge in [0.25, 0.3) is 5.91 Å². The highest BCUT2D eigenvalue weighted by molar-refractivity contribution is 6.20. The molecule has 0 aliphatic carbocycles. The van der Waals surface area contributed by atoms with Gasteiger partial charge in [0, 0.05) is 0 Å². The van der Waals surface area contributed by atoms with Gasteiger partial charge in [-0.3, -0.25) is 9.59 Å². The fourth-order valence-corrected chi connectivity index (χ4v) is 2.46. The number of amides is 1. The number of nitrogens with zero attached hydrogens (tertiary/aromatic N) is 3. The van der Waals surface area contributed by atoms with E-state index in [1.165, 1.54) is 5.01 Å². The van der Waals surface area contributed by atoms with Gasteiger partial charge in [0.1, 0.15) is 5.41 Å². The van der Waals surface area contributed by atoms with Crippen LogP contribution in [0.5, 0.6) is 0 Å². The van der Waals surface area contributed by atoms with Crippen LogP contribution < -0.4 is 5.01 Å². The number of benzene rings is 1. The van der Waals surface area contributed by atoms with Crippen molar-refractivity contribution in [1.82, 2.24) is 0 Å². The molecule has 2 rings (SSSR count). The average Bonchev–Trinajstić information content (AvgIpc) is 2.74. The van der Waals surface area contributed by atoms with Crippen molar-refractivity contribution < 1.29 is 14.3 Å². The van der Waals surface area contributed by atoms with Crippen LogP contribution in [0.15, 0.2) is 35.4 Å². The van der Waals surface area contributed by atoms with Crippen molar-refractivity contribution in [2.45, 2.75) is 26.7 Å². The third-order valence-corrected chi connectivity index (χ3v) is 3.68. The summed E-state index contributed by atoms with van der Waals surface area (Å²) < 4.78 is 4.94. The number of para-hydroxylation sites is 1. The monoisotopic (exact) mass is 299 g/mol. The van der Waals surface area contributed by atoms with Gasteiger partial charge in [0.15, 0.2) is 0 Å². The number of hydrogen-bond donors (Lipinski definition) is 0. The van der Waals surface area contributed by atoms with Crippen LogP contribution in [0.25, 0.3) is 0 Å². The van der Waals surface area contributed by atoms with E-state index < -0.39 is 11.4 Å². The second-order valence-electron chi connectivity index (χ2n) is 5.04. The van der Waals surface area contributed by atoms with E-state index in [2.05, 4.69) is 5.10 Å². The van der Waals surface area contributed by atoms with Crippen LogP contribution >= 0.6 is 0 Å². The van der Waals surface area contributed by atoms with E-state index in [1.807, 2.05) is 12.1 Å². The van der Waals surface area contributed by atoms with Crippen LogP contribution in [0.3, 0.4) is 0 Å². The Hall–Kier alpha value is -2.68. The molecule has 0 fully saturated rings. The smallest absolute Gasteiger partial charge is 0.307 e. The number of rotatable bonds is 5. The van der Waals surface area contributed by atoms with Crippen LogP contribution in [-0.4, -0.2) is 24.2 Å². The van der Waals surface area contributed by atoms with Gasteiger partial charge in [-0.2, -0.15) is 15.4 Å². The zero-order valence-corrected chi connectivity index (χ0v) is 12.6. The third-order valence-electron chi connectivity index (χ3n) is 3.68. The Bertz CT molecular complexity index is 648. The molecule has 1 aliphatic heterocycles. The third kappa shape index (κ3) is 2.70. The minimum Gasteiger partial charge on any atom is -0.466 e. The molecule has 1 atom stereocenters. The molecule has 6 heteroatoms. The fraction of sp³-hybridized carbons (Fsp3) is 0.375. The first kappa shape index (κ1) is 15.7. The highest BCUT2D eigenvalue weighted by Gasteiger charge is 2.51. The Morgan fingerprint density at radius 1 is 1.41 bits per heavy atom. The second-order valence-corrected chi connectivity index (χ2v) is 5.04. The molecule has 0 saturated heterocycles. The Labute approximate surface area is 129 Å². The Balaban J connectivity index is 2.36. The van der Waals surface area contributed by atoms with Gasteiger partial charge in [-0.05, 0) is 26.0 Å². The molecule has 0 aromatic heterocycles. The van der Waals surface area contributed by atoms with Crippen molar-refractivity contribution in [3.8, 4) is 6.07 Å². The van der Waals surface area contributed by atoms with Crippen molar-refractivity contribution in [1.29, 1.82) is 5.26 Å². The van der Waals surface area contributed by atoms with E-state index in [0.29, 0.717) is 11.4 Å². The molecule has 22 heavy (non-hydrogen) atoms. The van der Waals surface area contributed by atoms with Gasteiger partial charge in [0.05, 0.1) is 36.9 Å². The highest BCUT2D eigenvalue weighted by atomic mass is 16.5. The summed E-state index contributed by atoms with van der Waals surface area (Å²) in [7, 11) is 0. The lowest BCUT2D eigenvalue weighted by Gasteiger charge is -2.24. The summed E-state index contributed by atoms with van der Waals surface area (Å²) in [6.45, 7) is 3.59. The first-order valence-corrected chi connectivity index (χ1v) is 7.03. The lowest BCUT2D eigenvalue weighted by molar-refractivity contribution is -0.147. The lowest BCUT2D eigenvalue weighted by Crippen LogP contribution is -2.41. The molecule has 6 nitrogen and oxygen atoms in total. The molecule has 0 saturated carbocycles. The highest BCUT2D eigenvalue weighted by Crippen LogP contribution is 2.38. The molecule has 1 aromatic rings. The van der Waals surface area contributed by atoms with Crippen LogP contribution in [-0.2, 0) is 14.3 Å². The summed E-state index contributed by atoms with van der Waals surface area (Å²) in [4.78, 5) is 24.7. The van der Waals surface area contributed by atoms with Crippen molar-refractivity contribution in [2.75, 3.05) is 11.6 Å². The van der Waals surface area contributed by atoms with Gasteiger partial charge >= 0.3 is 5.97 Å². The van der Waals surface area contributed by atoms with Gasteiger partial charge in [0.2, 0.25) is 0 Å². The predicted octanol–water partition coefficient (Wildman–Crippen LogP) is 2.26. The largest absolute Gasteiger partial charge is 0.466 e. The molecule has 0 spiro atoms. The number of anilines is 1. The fourth-order valence-electron chi connectivity index (χ4n) is 2.46. The number of ether oxygens (including phenoxy) is 1. The molecule has 1 unspecified atom stereocenters. The lowest BCUT2D eigenvalue weighted by atomic mass is 9.77. The molecule has 1 aromatic carbocycles. The number of carbonyl (C=O) groups is 2. The Morgan fingerprint density at radius 3 is 2.68 bits per heavy atom. The Kier molecular flexibility index (Phi) is 4.56. The molecule has 1 heterocycles. The van der Waals surface area contributed by atoms with E-state index in [4.69, 9.17) is 10.00 Å². The van der Waals surface area contributed by atoms with E-state index in [0.717, 1.165) is 0 Å². The Morgan fingerprint density at radius 2 is 2.09 bits per heavy atom. The maximum absolute atomic E-state index is 12.8. The number of nitriles is 1. The van der Waals surface area contributed by atoms with E-state index in [9.17, 15) is 9.59 Å². The number of esters is 1. The summed E-state index contributed by atoms with van der Waals surface area (Å²) in [6.07, 6.45) is -0.283. The summed E-state index contributed by atoms with van der Waals surface area (Å²) in [6, 6.07) is 10.9. The maximum atomic E-state index is 12.8. The van der Waals surface area contributed by atoms with E-state index >= 15 is 0 Å². The van der Waals surface area contributed by atoms with Gasteiger partial charge < -0.3 is 4.74 Å². The topological polar surface area (TPSA) is 82.8 Å². The minimum absolute atomic E-state index is 0.108. The second kappa shape index (κ2) is 6.39. The number of carbonyl (C=O) groups excluding carboxylic acids is 2. The number of hydrogen-bond acceptors (Lipinski definition) is 5. The average molecular weight is 299 g/mol. The molecular formula is C16H17N3O3. The molecule has 0 radical (unpaired) electrons. The van der Waals surface area contributed by atoms with Crippen LogP contribution in [0, 0.1) is 16.7 Å². The zero-order chi connectivity index (χ0) is 16.2. The van der Waals surface area contributed by atoms with E-state index in [1.54, 1.807) is 38.1 Å². The van der Waals surface area contributed by atoms with Crippen molar-refractivity contribution in [3.05, 3.63) is 30.3 Å². The number of hydrazone groups is 1. The normalized spacial score (nSPS) is 20.5. The standard InChI is InChI=1S/C16H17N3O3/c1-3-22-14(20)11-16(9-10-17)12(2)18-19(15(16)21)13-7-5-4-6-8-13/h4-8H,3,9,11H2,1-2H3. The van der Waals surface area contributed by atoms with Crippen LogP contribution in [0.1, 0.15) is 26.7 Å². The summed E-state index contributed by atoms with van der Waals surface area (Å²) in [5.74, 6) is -0.874. The zero-order valence-electron chi connectivity index (χ0n) is 12.6. The first-order chi connectivity index (χ1) is 10.5. The first-order valence-electron chi connectivity index (χ1n) is 7.03. The molecule has 1 amide bonds. The summed E-state index contributed by atoms with van der Waals surface area (Å²) >= 11 is 0. The summed E-state index contributed by atoms with van der Waals surface area (Å²) in [5, 5.41) is 14.6. The van der Waals surface area contributed by atoms with Crippen LogP contribution in [0.4, 0.5) is 5.69 Å². The minimum atomic E-state index is -1.24. The predicted molar refractivity (Wildman–Crippen MR) is 81.0 cm³/mol. The van der Waals surface area contributed by atoms with Crippen molar-refractivity contribution in [2.24, 2.45) is 10.5 Å². The maximum Gasteiger partial charge on any atom is 0.307 e. The van der Waals surface area contributed by atoms with Crippen LogP contribution in [0.2, 0.25) is 0 Å². The molecule has 0 N–H and O–H groups in total. The SMILES string of the molecule is CCOC(=O)CC1(CC#N)C(=O)N(c2ccccc2)N=C1C. The van der Waals surface area contributed by atoms with Crippen molar-refractivity contribution in [3.63, 3.8) is 0 Å². The van der Waals surface area contributed by atoms with Gasteiger partial charge in [-0.1, -0.05) is 18.2 Å².